The molecule has 0 aliphatic rings. The van der Waals surface area contributed by atoms with E-state index in [1.54, 1.807) is 11.3 Å². The lowest BCUT2D eigenvalue weighted by Crippen LogP contribution is -2.31. The summed E-state index contributed by atoms with van der Waals surface area (Å²) >= 11 is 1.69. The second-order valence-corrected chi connectivity index (χ2v) is 4.94. The number of hydrogen-bond donors (Lipinski definition) is 2. The van der Waals surface area contributed by atoms with Gasteiger partial charge < -0.3 is 10.4 Å². The first kappa shape index (κ1) is 12.3. The largest absolute Gasteiger partial charge is 0.387 e. The van der Waals surface area contributed by atoms with Crippen LogP contribution in [-0.2, 0) is 6.54 Å². The maximum absolute atomic E-state index is 10.2. The van der Waals surface area contributed by atoms with Crippen molar-refractivity contribution < 1.29 is 5.11 Å². The van der Waals surface area contributed by atoms with Crippen molar-refractivity contribution in [2.75, 3.05) is 0 Å². The summed E-state index contributed by atoms with van der Waals surface area (Å²) in [6.45, 7) is 2.80. The maximum Gasteiger partial charge on any atom is 0.0940 e. The molecule has 3 heteroatoms. The van der Waals surface area contributed by atoms with Gasteiger partial charge in [0.05, 0.1) is 6.10 Å². The molecule has 0 unspecified atom stereocenters. The van der Waals surface area contributed by atoms with E-state index in [-0.39, 0.29) is 6.04 Å². The fourth-order valence-corrected chi connectivity index (χ4v) is 2.39. The molecule has 0 amide bonds. The summed E-state index contributed by atoms with van der Waals surface area (Å²) in [5.74, 6) is 0. The van der Waals surface area contributed by atoms with E-state index in [0.29, 0.717) is 0 Å². The van der Waals surface area contributed by atoms with E-state index in [1.165, 1.54) is 5.56 Å². The van der Waals surface area contributed by atoms with Gasteiger partial charge in [-0.15, -0.1) is 0 Å². The quantitative estimate of drug-likeness (QED) is 0.851. The Morgan fingerprint density at radius 1 is 1.24 bits per heavy atom. The number of aliphatic hydroxyl groups is 1. The monoisotopic (exact) mass is 247 g/mol. The van der Waals surface area contributed by atoms with E-state index >= 15 is 0 Å². The number of aliphatic hydroxyl groups excluding tert-OH is 1. The zero-order valence-corrected chi connectivity index (χ0v) is 10.7. The van der Waals surface area contributed by atoms with Crippen molar-refractivity contribution in [2.24, 2.45) is 0 Å². The maximum atomic E-state index is 10.2. The molecule has 17 heavy (non-hydrogen) atoms. The summed E-state index contributed by atoms with van der Waals surface area (Å²) < 4.78 is 0. The van der Waals surface area contributed by atoms with E-state index in [4.69, 9.17) is 0 Å². The molecule has 2 nitrogen and oxygen atoms in total. The van der Waals surface area contributed by atoms with Gasteiger partial charge in [0, 0.05) is 12.6 Å². The average molecular weight is 247 g/mol. The van der Waals surface area contributed by atoms with Crippen LogP contribution in [0.4, 0.5) is 0 Å². The zero-order chi connectivity index (χ0) is 12.1. The van der Waals surface area contributed by atoms with E-state index < -0.39 is 6.10 Å². The Bertz CT molecular complexity index is 427. The molecule has 0 aliphatic carbocycles. The SMILES string of the molecule is C[C@@H](NCc1ccsc1)[C@@H](O)c1ccccc1. The van der Waals surface area contributed by atoms with Crippen LogP contribution < -0.4 is 5.32 Å². The predicted molar refractivity (Wildman–Crippen MR) is 72.0 cm³/mol. The molecule has 1 heterocycles. The van der Waals surface area contributed by atoms with Gasteiger partial charge in [-0.05, 0) is 34.9 Å². The summed E-state index contributed by atoms with van der Waals surface area (Å²) in [6.07, 6.45) is -0.463. The van der Waals surface area contributed by atoms with Crippen molar-refractivity contribution in [3.05, 3.63) is 58.3 Å². The Kier molecular flexibility index (Phi) is 4.31. The van der Waals surface area contributed by atoms with Gasteiger partial charge in [0.15, 0.2) is 0 Å². The Morgan fingerprint density at radius 3 is 2.65 bits per heavy atom. The third-order valence-electron chi connectivity index (χ3n) is 2.82. The summed E-state index contributed by atoms with van der Waals surface area (Å²) in [6, 6.07) is 11.9. The molecule has 2 atom stereocenters. The van der Waals surface area contributed by atoms with E-state index in [9.17, 15) is 5.11 Å². The third kappa shape index (κ3) is 3.40. The van der Waals surface area contributed by atoms with Crippen LogP contribution in [0.1, 0.15) is 24.2 Å². The predicted octanol–water partition coefficient (Wildman–Crippen LogP) is 2.96. The molecule has 0 saturated carbocycles. The first-order valence-electron chi connectivity index (χ1n) is 5.75. The number of hydrogen-bond acceptors (Lipinski definition) is 3. The van der Waals surface area contributed by atoms with Crippen LogP contribution >= 0.6 is 11.3 Å². The molecule has 0 aliphatic heterocycles. The molecule has 0 spiro atoms. The van der Waals surface area contributed by atoms with Gasteiger partial charge in [-0.25, -0.2) is 0 Å². The second-order valence-electron chi connectivity index (χ2n) is 4.16. The normalized spacial score (nSPS) is 14.5. The lowest BCUT2D eigenvalue weighted by molar-refractivity contribution is 0.135. The molecule has 90 valence electrons. The van der Waals surface area contributed by atoms with Gasteiger partial charge in [0.25, 0.3) is 0 Å². The van der Waals surface area contributed by atoms with E-state index in [2.05, 4.69) is 22.1 Å². The highest BCUT2D eigenvalue weighted by Gasteiger charge is 2.15. The van der Waals surface area contributed by atoms with Gasteiger partial charge >= 0.3 is 0 Å². The first-order valence-corrected chi connectivity index (χ1v) is 6.69. The number of rotatable bonds is 5. The van der Waals surface area contributed by atoms with Gasteiger partial charge in [0.1, 0.15) is 0 Å². The van der Waals surface area contributed by atoms with Gasteiger partial charge in [0.2, 0.25) is 0 Å². The van der Waals surface area contributed by atoms with Crippen LogP contribution in [0.15, 0.2) is 47.2 Å². The number of benzene rings is 1. The van der Waals surface area contributed by atoms with Crippen LogP contribution in [0.2, 0.25) is 0 Å². The van der Waals surface area contributed by atoms with Gasteiger partial charge in [-0.1, -0.05) is 30.3 Å². The minimum Gasteiger partial charge on any atom is -0.387 e. The molecular formula is C14H17NOS. The summed E-state index contributed by atoms with van der Waals surface area (Å²) in [7, 11) is 0. The van der Waals surface area contributed by atoms with Crippen LogP contribution in [0.25, 0.3) is 0 Å². The Hall–Kier alpha value is -1.16. The average Bonchev–Trinajstić information content (AvgIpc) is 2.89. The molecule has 0 bridgehead atoms. The smallest absolute Gasteiger partial charge is 0.0940 e. The van der Waals surface area contributed by atoms with Crippen molar-refractivity contribution >= 4 is 11.3 Å². The molecule has 2 aromatic rings. The molecule has 0 radical (unpaired) electrons. The van der Waals surface area contributed by atoms with Crippen molar-refractivity contribution in [3.63, 3.8) is 0 Å². The topological polar surface area (TPSA) is 32.3 Å². The highest BCUT2D eigenvalue weighted by Crippen LogP contribution is 2.16. The molecule has 0 saturated heterocycles. The van der Waals surface area contributed by atoms with Crippen LogP contribution in [0.5, 0.6) is 0 Å². The fraction of sp³-hybridized carbons (Fsp3) is 0.286. The van der Waals surface area contributed by atoms with Crippen molar-refractivity contribution in [2.45, 2.75) is 25.6 Å². The van der Waals surface area contributed by atoms with Crippen molar-refractivity contribution in [1.82, 2.24) is 5.32 Å². The molecule has 2 rings (SSSR count). The van der Waals surface area contributed by atoms with Crippen molar-refractivity contribution in [3.8, 4) is 0 Å². The lowest BCUT2D eigenvalue weighted by Gasteiger charge is -2.20. The Morgan fingerprint density at radius 2 is 2.00 bits per heavy atom. The minimum atomic E-state index is -0.463. The Labute approximate surface area is 106 Å². The highest BCUT2D eigenvalue weighted by molar-refractivity contribution is 7.07. The van der Waals surface area contributed by atoms with Gasteiger partial charge in [-0.2, -0.15) is 11.3 Å². The second kappa shape index (κ2) is 5.96. The summed E-state index contributed by atoms with van der Waals surface area (Å²) in [4.78, 5) is 0. The molecular weight excluding hydrogens is 230 g/mol. The molecule has 1 aromatic carbocycles. The number of thiophene rings is 1. The minimum absolute atomic E-state index is 0.0392. The van der Waals surface area contributed by atoms with E-state index in [1.807, 2.05) is 37.3 Å². The van der Waals surface area contributed by atoms with Crippen LogP contribution in [-0.4, -0.2) is 11.1 Å². The fourth-order valence-electron chi connectivity index (χ4n) is 1.72. The summed E-state index contributed by atoms with van der Waals surface area (Å²) in [5, 5.41) is 17.7. The lowest BCUT2D eigenvalue weighted by atomic mass is 10.0. The van der Waals surface area contributed by atoms with Gasteiger partial charge in [-0.3, -0.25) is 0 Å². The van der Waals surface area contributed by atoms with E-state index in [0.717, 1.165) is 12.1 Å². The van der Waals surface area contributed by atoms with Crippen LogP contribution in [0.3, 0.4) is 0 Å². The van der Waals surface area contributed by atoms with Crippen molar-refractivity contribution in [1.29, 1.82) is 0 Å². The first-order chi connectivity index (χ1) is 8.27. The molecule has 0 fully saturated rings. The zero-order valence-electron chi connectivity index (χ0n) is 9.84. The Balaban J connectivity index is 1.89. The standard InChI is InChI=1S/C14H17NOS/c1-11(15-9-12-7-8-17-10-12)14(16)13-5-3-2-4-6-13/h2-8,10-11,14-16H,9H2,1H3/t11-,14-/m1/s1. The molecule has 2 N–H and O–H groups in total. The number of nitrogens with one attached hydrogen (secondary N) is 1. The summed E-state index contributed by atoms with van der Waals surface area (Å²) in [5.41, 5.74) is 2.22. The third-order valence-corrected chi connectivity index (χ3v) is 3.56. The molecule has 1 aromatic heterocycles. The highest BCUT2D eigenvalue weighted by atomic mass is 32.1. The van der Waals surface area contributed by atoms with Crippen LogP contribution in [0, 0.1) is 0 Å².